The molecule has 0 aliphatic carbocycles. The van der Waals surface area contributed by atoms with Crippen LogP contribution in [0.1, 0.15) is 24.2 Å². The molecule has 0 aliphatic heterocycles. The van der Waals surface area contributed by atoms with E-state index in [1.807, 2.05) is 0 Å². The van der Waals surface area contributed by atoms with Gasteiger partial charge in [-0.1, -0.05) is 13.0 Å². The smallest absolute Gasteiger partial charge is 0.335 e. The van der Waals surface area contributed by atoms with Crippen LogP contribution in [0.2, 0.25) is 0 Å². The molecule has 0 saturated heterocycles. The van der Waals surface area contributed by atoms with Gasteiger partial charge in [0.1, 0.15) is 12.4 Å². The minimum absolute atomic E-state index is 0.251. The van der Waals surface area contributed by atoms with Crippen LogP contribution in [0.5, 0.6) is 5.75 Å². The molecule has 0 spiro atoms. The first-order chi connectivity index (χ1) is 9.93. The molecule has 21 heavy (non-hydrogen) atoms. The molecule has 1 unspecified atom stereocenters. The molecule has 0 radical (unpaired) electrons. The Hall–Kier alpha value is -1.59. The highest BCUT2D eigenvalue weighted by Gasteiger charge is 2.12. The fraction of sp³-hybridized carbons (Fsp3) is 0.562. The largest absolute Gasteiger partial charge is 0.492 e. The number of carbonyl (C=O) groups is 1. The second-order valence-corrected chi connectivity index (χ2v) is 5.42. The predicted molar refractivity (Wildman–Crippen MR) is 84.2 cm³/mol. The zero-order valence-electron chi connectivity index (χ0n) is 13.4. The Balaban J connectivity index is 2.47. The minimum Gasteiger partial charge on any atom is -0.492 e. The number of carboxylic acids is 1. The average Bonchev–Trinajstić information content (AvgIpc) is 2.43. The van der Waals surface area contributed by atoms with Crippen molar-refractivity contribution in [1.29, 1.82) is 0 Å². The second kappa shape index (κ2) is 8.64. The third-order valence-corrected chi connectivity index (χ3v) is 3.39. The highest BCUT2D eigenvalue weighted by Crippen LogP contribution is 2.13. The summed E-state index contributed by atoms with van der Waals surface area (Å²) in [5.41, 5.74) is 0.251. The monoisotopic (exact) mass is 294 g/mol. The Kier molecular flexibility index (Phi) is 7.19. The van der Waals surface area contributed by atoms with Crippen molar-refractivity contribution in [2.24, 2.45) is 0 Å². The van der Waals surface area contributed by atoms with E-state index in [1.165, 1.54) is 0 Å². The third kappa shape index (κ3) is 6.14. The highest BCUT2D eigenvalue weighted by molar-refractivity contribution is 5.87. The molecule has 118 valence electrons. The summed E-state index contributed by atoms with van der Waals surface area (Å²) in [5, 5.41) is 8.95. The maximum Gasteiger partial charge on any atom is 0.335 e. The van der Waals surface area contributed by atoms with E-state index in [2.05, 4.69) is 37.7 Å². The Labute approximate surface area is 127 Å². The summed E-state index contributed by atoms with van der Waals surface area (Å²) in [6.07, 6.45) is 0. The van der Waals surface area contributed by atoms with Gasteiger partial charge in [0.25, 0.3) is 0 Å². The Morgan fingerprint density at radius 3 is 2.67 bits per heavy atom. The van der Waals surface area contributed by atoms with E-state index in [-0.39, 0.29) is 5.56 Å². The molecule has 1 aromatic rings. The summed E-state index contributed by atoms with van der Waals surface area (Å²) in [7, 11) is 4.14. The Bertz CT molecular complexity index is 449. The van der Waals surface area contributed by atoms with Gasteiger partial charge in [-0.3, -0.25) is 4.90 Å². The molecule has 0 aromatic heterocycles. The van der Waals surface area contributed by atoms with Crippen LogP contribution >= 0.6 is 0 Å². The van der Waals surface area contributed by atoms with Gasteiger partial charge in [-0.05, 0) is 45.8 Å². The number of hydrogen-bond acceptors (Lipinski definition) is 4. The van der Waals surface area contributed by atoms with Gasteiger partial charge in [-0.25, -0.2) is 4.79 Å². The molecule has 5 nitrogen and oxygen atoms in total. The van der Waals surface area contributed by atoms with Crippen molar-refractivity contribution >= 4 is 5.97 Å². The molecule has 0 saturated carbocycles. The van der Waals surface area contributed by atoms with Gasteiger partial charge >= 0.3 is 5.97 Å². The first-order valence-corrected chi connectivity index (χ1v) is 7.29. The van der Waals surface area contributed by atoms with Crippen LogP contribution in [-0.4, -0.2) is 67.3 Å². The second-order valence-electron chi connectivity index (χ2n) is 5.42. The van der Waals surface area contributed by atoms with E-state index in [9.17, 15) is 4.79 Å². The van der Waals surface area contributed by atoms with E-state index in [0.717, 1.165) is 19.6 Å². The van der Waals surface area contributed by atoms with Gasteiger partial charge in [0.2, 0.25) is 0 Å². The SMILES string of the molecule is CCN(CCOc1cccc(C(=O)O)c1)C(C)CN(C)C. The summed E-state index contributed by atoms with van der Waals surface area (Å²) in [6.45, 7) is 7.68. The molecular weight excluding hydrogens is 268 g/mol. The van der Waals surface area contributed by atoms with Crippen molar-refractivity contribution in [3.8, 4) is 5.75 Å². The highest BCUT2D eigenvalue weighted by atomic mass is 16.5. The van der Waals surface area contributed by atoms with E-state index < -0.39 is 5.97 Å². The summed E-state index contributed by atoms with van der Waals surface area (Å²) < 4.78 is 5.67. The third-order valence-electron chi connectivity index (χ3n) is 3.39. The van der Waals surface area contributed by atoms with Gasteiger partial charge in [-0.2, -0.15) is 0 Å². The summed E-state index contributed by atoms with van der Waals surface area (Å²) in [5.74, 6) is -0.332. The summed E-state index contributed by atoms with van der Waals surface area (Å²) in [6, 6.07) is 7.06. The Morgan fingerprint density at radius 1 is 1.38 bits per heavy atom. The molecule has 0 bridgehead atoms. The van der Waals surface area contributed by atoms with Crippen molar-refractivity contribution in [3.63, 3.8) is 0 Å². The van der Waals surface area contributed by atoms with E-state index in [0.29, 0.717) is 18.4 Å². The fourth-order valence-electron chi connectivity index (χ4n) is 2.33. The van der Waals surface area contributed by atoms with Crippen molar-refractivity contribution in [2.75, 3.05) is 40.3 Å². The minimum atomic E-state index is -0.935. The zero-order valence-corrected chi connectivity index (χ0v) is 13.4. The zero-order chi connectivity index (χ0) is 15.8. The van der Waals surface area contributed by atoms with Crippen molar-refractivity contribution in [2.45, 2.75) is 19.9 Å². The van der Waals surface area contributed by atoms with Crippen LogP contribution in [0.25, 0.3) is 0 Å². The van der Waals surface area contributed by atoms with Crippen LogP contribution in [0, 0.1) is 0 Å². The quantitative estimate of drug-likeness (QED) is 0.755. The molecule has 0 aliphatic rings. The molecular formula is C16H26N2O3. The van der Waals surface area contributed by atoms with Gasteiger partial charge in [0.05, 0.1) is 5.56 Å². The molecule has 5 heteroatoms. The molecule has 0 fully saturated rings. The van der Waals surface area contributed by atoms with Crippen molar-refractivity contribution in [3.05, 3.63) is 29.8 Å². The number of likely N-dealkylation sites (N-methyl/N-ethyl adjacent to an activating group) is 2. The van der Waals surface area contributed by atoms with Gasteiger partial charge < -0.3 is 14.7 Å². The number of aromatic carboxylic acids is 1. The van der Waals surface area contributed by atoms with E-state index >= 15 is 0 Å². The maximum absolute atomic E-state index is 10.9. The lowest BCUT2D eigenvalue weighted by Gasteiger charge is -2.29. The van der Waals surface area contributed by atoms with E-state index in [1.54, 1.807) is 24.3 Å². The molecule has 1 aromatic carbocycles. The first-order valence-electron chi connectivity index (χ1n) is 7.29. The van der Waals surface area contributed by atoms with Crippen LogP contribution in [0.15, 0.2) is 24.3 Å². The fourth-order valence-corrected chi connectivity index (χ4v) is 2.33. The molecule has 0 heterocycles. The number of hydrogen-bond donors (Lipinski definition) is 1. The normalized spacial score (nSPS) is 12.7. The van der Waals surface area contributed by atoms with Crippen LogP contribution in [0.3, 0.4) is 0 Å². The van der Waals surface area contributed by atoms with Crippen LogP contribution in [-0.2, 0) is 0 Å². The lowest BCUT2D eigenvalue weighted by atomic mass is 10.2. The average molecular weight is 294 g/mol. The van der Waals surface area contributed by atoms with Crippen LogP contribution < -0.4 is 4.74 Å². The van der Waals surface area contributed by atoms with Crippen LogP contribution in [0.4, 0.5) is 0 Å². The lowest BCUT2D eigenvalue weighted by Crippen LogP contribution is -2.41. The van der Waals surface area contributed by atoms with Gasteiger partial charge in [0.15, 0.2) is 0 Å². The predicted octanol–water partition coefficient (Wildman–Crippen LogP) is 2.04. The molecule has 1 atom stereocenters. The molecule has 1 N–H and O–H groups in total. The standard InChI is InChI=1S/C16H26N2O3/c1-5-18(13(2)12-17(3)4)9-10-21-15-8-6-7-14(11-15)16(19)20/h6-8,11,13H,5,9-10,12H2,1-4H3,(H,19,20). The number of benzene rings is 1. The number of carboxylic acid groups (broad SMARTS) is 1. The summed E-state index contributed by atoms with van der Waals surface area (Å²) in [4.78, 5) is 15.4. The molecule has 0 amide bonds. The Morgan fingerprint density at radius 2 is 2.10 bits per heavy atom. The number of rotatable bonds is 9. The van der Waals surface area contributed by atoms with E-state index in [4.69, 9.17) is 9.84 Å². The topological polar surface area (TPSA) is 53.0 Å². The first kappa shape index (κ1) is 17.5. The van der Waals surface area contributed by atoms with Crippen molar-refractivity contribution < 1.29 is 14.6 Å². The number of nitrogens with zero attached hydrogens (tertiary/aromatic N) is 2. The summed E-state index contributed by atoms with van der Waals surface area (Å²) >= 11 is 0. The number of ether oxygens (including phenoxy) is 1. The molecule has 1 rings (SSSR count). The lowest BCUT2D eigenvalue weighted by molar-refractivity contribution is 0.0696. The van der Waals surface area contributed by atoms with Crippen molar-refractivity contribution in [1.82, 2.24) is 9.80 Å². The van der Waals surface area contributed by atoms with Gasteiger partial charge in [-0.15, -0.1) is 0 Å². The van der Waals surface area contributed by atoms with Gasteiger partial charge in [0, 0.05) is 19.1 Å². The maximum atomic E-state index is 10.9.